The van der Waals surface area contributed by atoms with Gasteiger partial charge in [0.1, 0.15) is 18.2 Å². The molecule has 0 aliphatic carbocycles. The Bertz CT molecular complexity index is 1340. The van der Waals surface area contributed by atoms with Crippen molar-refractivity contribution in [3.05, 3.63) is 99.2 Å². The summed E-state index contributed by atoms with van der Waals surface area (Å²) >= 11 is 7.53. The molecule has 1 heterocycles. The minimum atomic E-state index is -1.05. The minimum absolute atomic E-state index is 0.115. The zero-order valence-corrected chi connectivity index (χ0v) is 19.4. The molecule has 0 spiro atoms. The number of carboxylic acid groups (broad SMARTS) is 1. The number of thioether (sulfide) groups is 1. The molecule has 9 heteroatoms. The molecular weight excluding hydrogens is 479 g/mol. The fraction of sp³-hybridized carbons (Fsp3) is 0.0800. The molecule has 1 aliphatic heterocycles. The molecule has 1 aliphatic rings. The van der Waals surface area contributed by atoms with E-state index in [2.05, 4.69) is 4.99 Å². The first-order valence-corrected chi connectivity index (χ1v) is 11.3. The molecule has 0 unspecified atom stereocenters. The lowest BCUT2D eigenvalue weighted by atomic mass is 10.2. The lowest BCUT2D eigenvalue weighted by Crippen LogP contribution is -2.23. The molecule has 0 bridgehead atoms. The third-order valence-electron chi connectivity index (χ3n) is 4.86. The molecule has 34 heavy (non-hydrogen) atoms. The number of nitrogens with zero attached hydrogens (tertiary/aromatic N) is 2. The number of aromatic carboxylic acids is 1. The molecule has 1 N–H and O–H groups in total. The van der Waals surface area contributed by atoms with E-state index < -0.39 is 5.97 Å². The van der Waals surface area contributed by atoms with E-state index in [1.54, 1.807) is 55.6 Å². The van der Waals surface area contributed by atoms with Gasteiger partial charge in [0.25, 0.3) is 5.91 Å². The Labute approximate surface area is 204 Å². The van der Waals surface area contributed by atoms with Gasteiger partial charge in [-0.1, -0.05) is 35.9 Å². The molecule has 0 saturated carbocycles. The molecule has 3 aromatic carbocycles. The highest BCUT2D eigenvalue weighted by Crippen LogP contribution is 2.34. The molecule has 4 rings (SSSR count). The van der Waals surface area contributed by atoms with E-state index in [4.69, 9.17) is 21.4 Å². The van der Waals surface area contributed by atoms with E-state index in [9.17, 15) is 14.0 Å². The lowest BCUT2D eigenvalue weighted by molar-refractivity contribution is -0.121. The number of benzene rings is 3. The van der Waals surface area contributed by atoms with Crippen LogP contribution in [0.5, 0.6) is 5.75 Å². The molecule has 1 amide bonds. The second kappa shape index (κ2) is 10.1. The third kappa shape index (κ3) is 5.47. The van der Waals surface area contributed by atoms with Crippen molar-refractivity contribution in [1.82, 2.24) is 4.90 Å². The minimum Gasteiger partial charge on any atom is -0.487 e. The Hall–Kier alpha value is -3.62. The van der Waals surface area contributed by atoms with Crippen LogP contribution in [0.15, 0.2) is 76.6 Å². The van der Waals surface area contributed by atoms with Crippen LogP contribution in [0.4, 0.5) is 10.1 Å². The summed E-state index contributed by atoms with van der Waals surface area (Å²) in [7, 11) is 1.60. The van der Waals surface area contributed by atoms with E-state index in [1.807, 2.05) is 0 Å². The number of ether oxygens (including phenoxy) is 1. The Morgan fingerprint density at radius 1 is 1.18 bits per heavy atom. The van der Waals surface area contributed by atoms with Crippen LogP contribution in [-0.2, 0) is 11.4 Å². The fourth-order valence-corrected chi connectivity index (χ4v) is 4.36. The molecule has 0 radical (unpaired) electrons. The van der Waals surface area contributed by atoms with Crippen LogP contribution in [0, 0.1) is 5.82 Å². The monoisotopic (exact) mass is 496 g/mol. The summed E-state index contributed by atoms with van der Waals surface area (Å²) in [5, 5.41) is 9.94. The molecule has 0 aromatic heterocycles. The summed E-state index contributed by atoms with van der Waals surface area (Å²) in [5.74, 6) is -1.18. The van der Waals surface area contributed by atoms with Crippen LogP contribution in [0.1, 0.15) is 21.5 Å². The summed E-state index contributed by atoms with van der Waals surface area (Å²) in [6.07, 6.45) is 1.70. The molecule has 6 nitrogen and oxygen atoms in total. The van der Waals surface area contributed by atoms with Crippen molar-refractivity contribution in [3.8, 4) is 5.75 Å². The van der Waals surface area contributed by atoms with Crippen LogP contribution in [0.2, 0.25) is 5.02 Å². The van der Waals surface area contributed by atoms with E-state index in [1.165, 1.54) is 40.9 Å². The van der Waals surface area contributed by atoms with Crippen molar-refractivity contribution >= 4 is 52.2 Å². The summed E-state index contributed by atoms with van der Waals surface area (Å²) in [6, 6.07) is 17.4. The number of aliphatic imine (C=N–C) groups is 1. The van der Waals surface area contributed by atoms with Crippen molar-refractivity contribution in [2.24, 2.45) is 4.99 Å². The van der Waals surface area contributed by atoms with Crippen LogP contribution < -0.4 is 4.74 Å². The van der Waals surface area contributed by atoms with Crippen LogP contribution >= 0.6 is 23.4 Å². The number of rotatable bonds is 6. The maximum absolute atomic E-state index is 13.3. The third-order valence-corrected chi connectivity index (χ3v) is 6.21. The van der Waals surface area contributed by atoms with Crippen molar-refractivity contribution < 1.29 is 23.8 Å². The van der Waals surface area contributed by atoms with Crippen molar-refractivity contribution in [2.45, 2.75) is 6.61 Å². The SMILES string of the molecule is CN1C(=O)C(=Cc2ccc(OCc3cccc(F)c3)c(Cl)c2)SC1=Nc1cccc(C(=O)O)c1. The predicted molar refractivity (Wildman–Crippen MR) is 131 cm³/mol. The number of halogens is 2. The average Bonchev–Trinajstić information content (AvgIpc) is 3.06. The molecule has 1 saturated heterocycles. The van der Waals surface area contributed by atoms with E-state index in [0.717, 1.165) is 0 Å². The smallest absolute Gasteiger partial charge is 0.335 e. The molecule has 172 valence electrons. The van der Waals surface area contributed by atoms with Crippen LogP contribution in [-0.4, -0.2) is 34.1 Å². The Morgan fingerprint density at radius 3 is 2.71 bits per heavy atom. The Kier molecular flexibility index (Phi) is 7.00. The first-order valence-electron chi connectivity index (χ1n) is 10.1. The largest absolute Gasteiger partial charge is 0.487 e. The maximum atomic E-state index is 13.3. The van der Waals surface area contributed by atoms with Gasteiger partial charge in [0.15, 0.2) is 5.17 Å². The maximum Gasteiger partial charge on any atom is 0.335 e. The number of hydrogen-bond acceptors (Lipinski definition) is 5. The topological polar surface area (TPSA) is 79.2 Å². The number of likely N-dealkylation sites (N-methyl/N-ethyl adjacent to an activating group) is 1. The number of hydrogen-bond donors (Lipinski definition) is 1. The quantitative estimate of drug-likeness (QED) is 0.424. The summed E-state index contributed by atoms with van der Waals surface area (Å²) < 4.78 is 19.0. The van der Waals surface area contributed by atoms with Gasteiger partial charge in [-0.2, -0.15) is 0 Å². The van der Waals surface area contributed by atoms with Gasteiger partial charge in [-0.15, -0.1) is 0 Å². The normalized spacial score (nSPS) is 15.9. The van der Waals surface area contributed by atoms with Crippen LogP contribution in [0.25, 0.3) is 6.08 Å². The summed E-state index contributed by atoms with van der Waals surface area (Å²) in [4.78, 5) is 30.1. The van der Waals surface area contributed by atoms with Crippen molar-refractivity contribution in [1.29, 1.82) is 0 Å². The van der Waals surface area contributed by atoms with E-state index >= 15 is 0 Å². The lowest BCUT2D eigenvalue weighted by Gasteiger charge is -2.09. The fourth-order valence-electron chi connectivity index (χ4n) is 3.13. The second-order valence-electron chi connectivity index (χ2n) is 7.33. The van der Waals surface area contributed by atoms with Gasteiger partial charge >= 0.3 is 5.97 Å². The van der Waals surface area contributed by atoms with Crippen molar-refractivity contribution in [2.75, 3.05) is 7.05 Å². The van der Waals surface area contributed by atoms with E-state index in [0.29, 0.717) is 37.7 Å². The summed E-state index contributed by atoms with van der Waals surface area (Å²) in [5.41, 5.74) is 1.93. The molecule has 1 fully saturated rings. The highest BCUT2D eigenvalue weighted by Gasteiger charge is 2.30. The Morgan fingerprint density at radius 2 is 1.97 bits per heavy atom. The molecular formula is C25H18ClFN2O4S. The molecule has 3 aromatic rings. The number of amidine groups is 1. The van der Waals surface area contributed by atoms with Gasteiger partial charge in [-0.05, 0) is 71.4 Å². The van der Waals surface area contributed by atoms with Crippen LogP contribution in [0.3, 0.4) is 0 Å². The van der Waals surface area contributed by atoms with Crippen molar-refractivity contribution in [3.63, 3.8) is 0 Å². The van der Waals surface area contributed by atoms with Gasteiger partial charge in [-0.25, -0.2) is 14.2 Å². The number of carbonyl (C=O) groups is 2. The van der Waals surface area contributed by atoms with Gasteiger partial charge in [-0.3, -0.25) is 9.69 Å². The summed E-state index contributed by atoms with van der Waals surface area (Å²) in [6.45, 7) is 0.167. The molecule has 0 atom stereocenters. The zero-order valence-electron chi connectivity index (χ0n) is 17.9. The Balaban J connectivity index is 1.50. The second-order valence-corrected chi connectivity index (χ2v) is 8.75. The first-order chi connectivity index (χ1) is 16.3. The first kappa shape index (κ1) is 23.5. The standard InChI is InChI=1S/C25H18ClFN2O4S/c1-29-23(30)22(34-25(29)28-19-7-3-5-17(13-19)24(31)32)12-15-8-9-21(20(26)11-15)33-14-16-4-2-6-18(27)10-16/h2-13H,14H2,1H3,(H,31,32). The predicted octanol–water partition coefficient (Wildman–Crippen LogP) is 5.99. The average molecular weight is 497 g/mol. The van der Waals surface area contributed by atoms with Gasteiger partial charge in [0.05, 0.1) is 21.2 Å². The highest BCUT2D eigenvalue weighted by atomic mass is 35.5. The number of carbonyl (C=O) groups excluding carboxylic acids is 1. The number of amides is 1. The number of carboxylic acids is 1. The van der Waals surface area contributed by atoms with E-state index in [-0.39, 0.29) is 23.9 Å². The van der Waals surface area contributed by atoms with Gasteiger partial charge in [0, 0.05) is 7.05 Å². The zero-order chi connectivity index (χ0) is 24.2. The van der Waals surface area contributed by atoms with Gasteiger partial charge < -0.3 is 9.84 Å². The highest BCUT2D eigenvalue weighted by molar-refractivity contribution is 8.18. The van der Waals surface area contributed by atoms with Gasteiger partial charge in [0.2, 0.25) is 0 Å².